The minimum absolute atomic E-state index is 0.223. The Morgan fingerprint density at radius 3 is 1.86 bits per heavy atom. The number of carbonyl (C=O) groups excluding carboxylic acids is 1. The molecule has 1 nitrogen and oxygen atoms in total. The van der Waals surface area contributed by atoms with Crippen LogP contribution in [0.3, 0.4) is 0 Å². The van der Waals surface area contributed by atoms with Crippen molar-refractivity contribution in [3.63, 3.8) is 0 Å². The molecular weight excluding hydrogens is 256 g/mol. The topological polar surface area (TPSA) is 17.1 Å². The Morgan fingerprint density at radius 1 is 0.810 bits per heavy atom. The van der Waals surface area contributed by atoms with Gasteiger partial charge in [0.15, 0.2) is 5.78 Å². The van der Waals surface area contributed by atoms with E-state index in [2.05, 4.69) is 32.9 Å². The molecule has 0 spiro atoms. The highest BCUT2D eigenvalue weighted by Gasteiger charge is 2.15. The predicted octanol–water partition coefficient (Wildman–Crippen LogP) is 5.92. The van der Waals surface area contributed by atoms with Gasteiger partial charge in [-0.25, -0.2) is 0 Å². The van der Waals surface area contributed by atoms with Gasteiger partial charge in [0.2, 0.25) is 0 Å². The first-order valence-electron chi connectivity index (χ1n) is 8.80. The normalized spacial score (nSPS) is 10.9. The summed E-state index contributed by atoms with van der Waals surface area (Å²) in [4.78, 5) is 12.0. The van der Waals surface area contributed by atoms with Crippen molar-refractivity contribution in [1.29, 1.82) is 0 Å². The van der Waals surface area contributed by atoms with Crippen molar-refractivity contribution in [2.45, 2.75) is 85.5 Å². The summed E-state index contributed by atoms with van der Waals surface area (Å²) in [5, 5.41) is 0. The molecule has 0 saturated carbocycles. The molecule has 0 bridgehead atoms. The van der Waals surface area contributed by atoms with E-state index < -0.39 is 0 Å². The number of ketones is 1. The molecule has 0 atom stereocenters. The summed E-state index contributed by atoms with van der Waals surface area (Å²) < 4.78 is 0. The maximum absolute atomic E-state index is 12.0. The van der Waals surface area contributed by atoms with E-state index in [1.54, 1.807) is 6.92 Å². The maximum Gasteiger partial charge on any atom is 0.160 e. The van der Waals surface area contributed by atoms with E-state index in [1.807, 2.05) is 0 Å². The molecule has 1 rings (SSSR count). The number of hydrogen-bond donors (Lipinski definition) is 0. The summed E-state index contributed by atoms with van der Waals surface area (Å²) >= 11 is 0. The molecule has 0 N–H and O–H groups in total. The quantitative estimate of drug-likeness (QED) is 0.489. The first-order chi connectivity index (χ1) is 10.2. The third-order valence-electron chi connectivity index (χ3n) is 4.27. The lowest BCUT2D eigenvalue weighted by Crippen LogP contribution is -2.08. The van der Waals surface area contributed by atoms with Gasteiger partial charge in [-0.2, -0.15) is 0 Å². The average molecular weight is 288 g/mol. The van der Waals surface area contributed by atoms with Gasteiger partial charge in [0.05, 0.1) is 0 Å². The average Bonchev–Trinajstić information content (AvgIpc) is 2.48. The Labute approximate surface area is 131 Å². The Balaban J connectivity index is 3.22. The van der Waals surface area contributed by atoms with Crippen molar-refractivity contribution in [2.24, 2.45) is 0 Å². The van der Waals surface area contributed by atoms with E-state index in [0.717, 1.165) is 24.8 Å². The van der Waals surface area contributed by atoms with Crippen LogP contribution in [0.2, 0.25) is 0 Å². The molecule has 0 radical (unpaired) electrons. The molecule has 0 fully saturated rings. The van der Waals surface area contributed by atoms with Crippen LogP contribution in [0.25, 0.3) is 0 Å². The fourth-order valence-corrected chi connectivity index (χ4v) is 2.98. The van der Waals surface area contributed by atoms with E-state index in [1.165, 1.54) is 55.2 Å². The Morgan fingerprint density at radius 2 is 1.33 bits per heavy atom. The van der Waals surface area contributed by atoms with E-state index in [4.69, 9.17) is 0 Å². The molecule has 0 aliphatic carbocycles. The lowest BCUT2D eigenvalue weighted by atomic mass is 9.86. The van der Waals surface area contributed by atoms with Crippen LogP contribution in [0.15, 0.2) is 12.1 Å². The van der Waals surface area contributed by atoms with E-state index in [9.17, 15) is 4.79 Å². The lowest BCUT2D eigenvalue weighted by molar-refractivity contribution is 0.101. The van der Waals surface area contributed by atoms with Crippen molar-refractivity contribution in [3.8, 4) is 0 Å². The van der Waals surface area contributed by atoms with E-state index in [0.29, 0.717) is 0 Å². The van der Waals surface area contributed by atoms with Crippen LogP contribution in [0, 0.1) is 0 Å². The molecular formula is C20H32O. The Hall–Kier alpha value is -1.11. The molecule has 0 aliphatic heterocycles. The number of carbonyl (C=O) groups is 1. The monoisotopic (exact) mass is 288 g/mol. The van der Waals surface area contributed by atoms with Crippen molar-refractivity contribution < 1.29 is 4.79 Å². The largest absolute Gasteiger partial charge is 0.295 e. The molecule has 0 heterocycles. The highest BCUT2D eigenvalue weighted by Crippen LogP contribution is 2.25. The molecule has 1 heteroatoms. The predicted molar refractivity (Wildman–Crippen MR) is 92.3 cm³/mol. The Kier molecular flexibility index (Phi) is 8.34. The van der Waals surface area contributed by atoms with Crippen LogP contribution >= 0.6 is 0 Å². The van der Waals surface area contributed by atoms with Gasteiger partial charge >= 0.3 is 0 Å². The van der Waals surface area contributed by atoms with E-state index in [-0.39, 0.29) is 5.78 Å². The first kappa shape index (κ1) is 17.9. The second-order valence-electron chi connectivity index (χ2n) is 6.10. The number of benzene rings is 1. The fraction of sp³-hybridized carbons (Fsp3) is 0.650. The smallest absolute Gasteiger partial charge is 0.160 e. The molecule has 1 aromatic carbocycles. The van der Waals surface area contributed by atoms with Crippen molar-refractivity contribution >= 4 is 5.78 Å². The van der Waals surface area contributed by atoms with Crippen LogP contribution < -0.4 is 0 Å². The molecule has 0 aromatic heterocycles. The van der Waals surface area contributed by atoms with Crippen molar-refractivity contribution in [1.82, 2.24) is 0 Å². The zero-order valence-corrected chi connectivity index (χ0v) is 14.4. The second-order valence-corrected chi connectivity index (χ2v) is 6.10. The highest BCUT2D eigenvalue weighted by atomic mass is 16.1. The molecule has 0 aliphatic rings. The van der Waals surface area contributed by atoms with Crippen LogP contribution in [0.1, 0.15) is 93.3 Å². The van der Waals surface area contributed by atoms with Gasteiger partial charge in [0.25, 0.3) is 0 Å². The summed E-state index contributed by atoms with van der Waals surface area (Å²) in [6.07, 6.45) is 10.6. The molecule has 21 heavy (non-hydrogen) atoms. The van der Waals surface area contributed by atoms with Crippen LogP contribution in [0.4, 0.5) is 0 Å². The van der Waals surface area contributed by atoms with Gasteiger partial charge in [-0.1, -0.05) is 52.2 Å². The maximum atomic E-state index is 12.0. The summed E-state index contributed by atoms with van der Waals surface area (Å²) in [5.41, 5.74) is 5.30. The van der Waals surface area contributed by atoms with Crippen LogP contribution in [-0.2, 0) is 19.3 Å². The number of Topliss-reactive ketones (excluding diaryl/α,β-unsaturated/α-hetero) is 1. The SMILES string of the molecule is CCCCc1ccc(C(C)=O)c(CCCC)c1CCCC. The van der Waals surface area contributed by atoms with Gasteiger partial charge in [-0.3, -0.25) is 4.79 Å². The van der Waals surface area contributed by atoms with Crippen LogP contribution in [-0.4, -0.2) is 5.78 Å². The first-order valence-corrected chi connectivity index (χ1v) is 8.80. The minimum atomic E-state index is 0.223. The van der Waals surface area contributed by atoms with Gasteiger partial charge < -0.3 is 0 Å². The summed E-state index contributed by atoms with van der Waals surface area (Å²) in [7, 11) is 0. The van der Waals surface area contributed by atoms with E-state index >= 15 is 0 Å². The number of aryl methyl sites for hydroxylation is 1. The summed E-state index contributed by atoms with van der Waals surface area (Å²) in [5.74, 6) is 0.223. The van der Waals surface area contributed by atoms with Gasteiger partial charge in [0.1, 0.15) is 0 Å². The third-order valence-corrected chi connectivity index (χ3v) is 4.27. The molecule has 0 amide bonds. The van der Waals surface area contributed by atoms with Crippen molar-refractivity contribution in [3.05, 3.63) is 34.4 Å². The van der Waals surface area contributed by atoms with Gasteiger partial charge in [0, 0.05) is 5.56 Å². The number of hydrogen-bond acceptors (Lipinski definition) is 1. The molecule has 1 aromatic rings. The van der Waals surface area contributed by atoms with Gasteiger partial charge in [-0.05, 0) is 62.1 Å². The summed E-state index contributed by atoms with van der Waals surface area (Å²) in [6.45, 7) is 8.42. The lowest BCUT2D eigenvalue weighted by Gasteiger charge is -2.18. The molecule has 0 saturated heterocycles. The second kappa shape index (κ2) is 9.76. The van der Waals surface area contributed by atoms with Gasteiger partial charge in [-0.15, -0.1) is 0 Å². The highest BCUT2D eigenvalue weighted by molar-refractivity contribution is 5.96. The molecule has 0 unspecified atom stereocenters. The standard InChI is InChI=1S/C20H32O/c1-5-8-11-17-14-15-18(16(4)21)20(13-10-7-3)19(17)12-9-6-2/h14-15H,5-13H2,1-4H3. The zero-order chi connectivity index (χ0) is 15.7. The third kappa shape index (κ3) is 5.30. The number of rotatable bonds is 10. The van der Waals surface area contributed by atoms with Crippen molar-refractivity contribution in [2.75, 3.05) is 0 Å². The minimum Gasteiger partial charge on any atom is -0.295 e. The Bertz CT molecular complexity index is 445. The summed E-state index contributed by atoms with van der Waals surface area (Å²) in [6, 6.07) is 4.29. The zero-order valence-electron chi connectivity index (χ0n) is 14.4. The number of unbranched alkanes of at least 4 members (excludes halogenated alkanes) is 3. The van der Waals surface area contributed by atoms with Crippen LogP contribution in [0.5, 0.6) is 0 Å². The fourth-order valence-electron chi connectivity index (χ4n) is 2.98. The molecule has 118 valence electrons.